The molecule has 0 aliphatic carbocycles. The summed E-state index contributed by atoms with van der Waals surface area (Å²) in [6.07, 6.45) is 0. The van der Waals surface area contributed by atoms with Crippen LogP contribution in [0.3, 0.4) is 0 Å². The van der Waals surface area contributed by atoms with Crippen molar-refractivity contribution in [1.82, 2.24) is 10.2 Å². The van der Waals surface area contributed by atoms with Crippen molar-refractivity contribution in [2.75, 3.05) is 7.11 Å². The highest BCUT2D eigenvalue weighted by atomic mass is 79.9. The van der Waals surface area contributed by atoms with Gasteiger partial charge in [0, 0.05) is 6.07 Å². The normalized spacial score (nSPS) is 10.6. The van der Waals surface area contributed by atoms with Crippen LogP contribution in [0.2, 0.25) is 0 Å². The molecule has 0 fully saturated rings. The first kappa shape index (κ1) is 13.7. The Bertz CT molecular complexity index is 738. The van der Waals surface area contributed by atoms with Crippen molar-refractivity contribution in [2.24, 2.45) is 0 Å². The van der Waals surface area contributed by atoms with E-state index >= 15 is 0 Å². The van der Waals surface area contributed by atoms with Crippen molar-refractivity contribution >= 4 is 15.9 Å². The molecular formula is C14H11BrN2O4. The first-order valence-corrected chi connectivity index (χ1v) is 6.89. The third kappa shape index (κ3) is 3.25. The lowest BCUT2D eigenvalue weighted by atomic mass is 10.3. The highest BCUT2D eigenvalue weighted by molar-refractivity contribution is 9.10. The molecule has 0 atom stereocenters. The molecule has 0 unspecified atom stereocenters. The Morgan fingerprint density at radius 1 is 1.10 bits per heavy atom. The summed E-state index contributed by atoms with van der Waals surface area (Å²) >= 11 is 3.22. The summed E-state index contributed by atoms with van der Waals surface area (Å²) in [5.41, 5.74) is 0. The van der Waals surface area contributed by atoms with Gasteiger partial charge in [-0.3, -0.25) is 0 Å². The molecule has 0 saturated carbocycles. The maximum absolute atomic E-state index is 5.57. The number of halogens is 1. The molecule has 0 aliphatic rings. The van der Waals surface area contributed by atoms with E-state index in [9.17, 15) is 0 Å². The van der Waals surface area contributed by atoms with Crippen LogP contribution >= 0.6 is 15.9 Å². The van der Waals surface area contributed by atoms with Crippen LogP contribution in [0.5, 0.6) is 11.5 Å². The van der Waals surface area contributed by atoms with Crippen LogP contribution in [-0.2, 0) is 6.61 Å². The molecule has 0 aliphatic heterocycles. The quantitative estimate of drug-likeness (QED) is 0.698. The monoisotopic (exact) mass is 350 g/mol. The molecule has 0 saturated heterocycles. The van der Waals surface area contributed by atoms with Crippen LogP contribution in [0, 0.1) is 0 Å². The van der Waals surface area contributed by atoms with Gasteiger partial charge in [-0.25, -0.2) is 0 Å². The summed E-state index contributed by atoms with van der Waals surface area (Å²) < 4.78 is 22.1. The van der Waals surface area contributed by atoms with Crippen LogP contribution in [0.4, 0.5) is 0 Å². The van der Waals surface area contributed by atoms with E-state index < -0.39 is 0 Å². The minimum atomic E-state index is 0.169. The Balaban J connectivity index is 1.67. The van der Waals surface area contributed by atoms with Crippen molar-refractivity contribution in [3.05, 3.63) is 47.0 Å². The predicted octanol–water partition coefficient (Wildman–Crippen LogP) is 3.68. The van der Waals surface area contributed by atoms with Gasteiger partial charge in [0.2, 0.25) is 0 Å². The van der Waals surface area contributed by atoms with Crippen molar-refractivity contribution in [2.45, 2.75) is 6.61 Å². The molecule has 1 aromatic carbocycles. The van der Waals surface area contributed by atoms with Crippen LogP contribution < -0.4 is 9.47 Å². The zero-order valence-corrected chi connectivity index (χ0v) is 12.7. The van der Waals surface area contributed by atoms with E-state index in [1.807, 2.05) is 18.2 Å². The molecule has 2 aromatic heterocycles. The molecule has 3 aromatic rings. The molecule has 108 valence electrons. The van der Waals surface area contributed by atoms with Crippen LogP contribution in [0.25, 0.3) is 11.7 Å². The fourth-order valence-electron chi connectivity index (χ4n) is 1.68. The van der Waals surface area contributed by atoms with Gasteiger partial charge in [-0.2, -0.15) is 0 Å². The Morgan fingerprint density at radius 3 is 2.71 bits per heavy atom. The fraction of sp³-hybridized carbons (Fsp3) is 0.143. The molecule has 0 spiro atoms. The van der Waals surface area contributed by atoms with Crippen molar-refractivity contribution < 1.29 is 18.3 Å². The van der Waals surface area contributed by atoms with Gasteiger partial charge >= 0.3 is 0 Å². The van der Waals surface area contributed by atoms with E-state index in [0.717, 1.165) is 5.75 Å². The Kier molecular flexibility index (Phi) is 3.92. The van der Waals surface area contributed by atoms with Gasteiger partial charge < -0.3 is 18.3 Å². The lowest BCUT2D eigenvalue weighted by molar-refractivity contribution is 0.262. The number of benzene rings is 1. The SMILES string of the molecule is COc1cccc(OCc2nnc(-c3ccc(Br)o3)o2)c1. The van der Waals surface area contributed by atoms with Crippen molar-refractivity contribution in [3.63, 3.8) is 0 Å². The van der Waals surface area contributed by atoms with Gasteiger partial charge in [-0.1, -0.05) is 6.07 Å². The summed E-state index contributed by atoms with van der Waals surface area (Å²) in [5.74, 6) is 2.56. The van der Waals surface area contributed by atoms with Crippen molar-refractivity contribution in [1.29, 1.82) is 0 Å². The molecule has 6 nitrogen and oxygen atoms in total. The van der Waals surface area contributed by atoms with E-state index in [1.54, 1.807) is 25.3 Å². The van der Waals surface area contributed by atoms with E-state index in [4.69, 9.17) is 18.3 Å². The number of methoxy groups -OCH3 is 1. The van der Waals surface area contributed by atoms with Crippen LogP contribution in [0.15, 0.2) is 49.9 Å². The van der Waals surface area contributed by atoms with Crippen LogP contribution in [0.1, 0.15) is 5.89 Å². The van der Waals surface area contributed by atoms with E-state index in [1.165, 1.54) is 0 Å². The summed E-state index contributed by atoms with van der Waals surface area (Å²) in [5, 5.41) is 7.82. The number of ether oxygens (including phenoxy) is 2. The van der Waals surface area contributed by atoms with Gasteiger partial charge in [0.1, 0.15) is 11.5 Å². The maximum Gasteiger partial charge on any atom is 0.283 e. The lowest BCUT2D eigenvalue weighted by Crippen LogP contribution is -1.96. The topological polar surface area (TPSA) is 70.5 Å². The molecule has 0 bridgehead atoms. The molecule has 7 heteroatoms. The lowest BCUT2D eigenvalue weighted by Gasteiger charge is -2.04. The maximum atomic E-state index is 5.57. The van der Waals surface area contributed by atoms with E-state index in [-0.39, 0.29) is 6.61 Å². The predicted molar refractivity (Wildman–Crippen MR) is 77.0 cm³/mol. The minimum Gasteiger partial charge on any atom is -0.497 e. The molecule has 3 rings (SSSR count). The first-order valence-electron chi connectivity index (χ1n) is 6.09. The fourth-order valence-corrected chi connectivity index (χ4v) is 1.98. The van der Waals surface area contributed by atoms with E-state index in [0.29, 0.717) is 28.0 Å². The highest BCUT2D eigenvalue weighted by Gasteiger charge is 2.12. The molecule has 0 N–H and O–H groups in total. The smallest absolute Gasteiger partial charge is 0.283 e. The molecule has 2 heterocycles. The number of hydrogen-bond donors (Lipinski definition) is 0. The molecule has 21 heavy (non-hydrogen) atoms. The number of aromatic nitrogens is 2. The third-order valence-electron chi connectivity index (χ3n) is 2.65. The summed E-state index contributed by atoms with van der Waals surface area (Å²) in [4.78, 5) is 0. The van der Waals surface area contributed by atoms with E-state index in [2.05, 4.69) is 26.1 Å². The summed E-state index contributed by atoms with van der Waals surface area (Å²) in [6.45, 7) is 0.169. The highest BCUT2D eigenvalue weighted by Crippen LogP contribution is 2.24. The summed E-state index contributed by atoms with van der Waals surface area (Å²) in [7, 11) is 1.60. The number of nitrogens with zero attached hydrogens (tertiary/aromatic N) is 2. The standard InChI is InChI=1S/C14H11BrN2O4/c1-18-9-3-2-4-10(7-9)19-8-13-16-17-14(21-13)11-5-6-12(15)20-11/h2-7H,8H2,1H3. The first-order chi connectivity index (χ1) is 10.2. The third-order valence-corrected chi connectivity index (χ3v) is 3.08. The second-order valence-corrected chi connectivity index (χ2v) is 4.85. The van der Waals surface area contributed by atoms with Crippen LogP contribution in [-0.4, -0.2) is 17.3 Å². The van der Waals surface area contributed by atoms with Gasteiger partial charge in [0.15, 0.2) is 17.0 Å². The van der Waals surface area contributed by atoms with Gasteiger partial charge in [0.05, 0.1) is 7.11 Å². The number of rotatable bonds is 5. The average Bonchev–Trinajstić information content (AvgIpc) is 3.14. The molecule has 0 radical (unpaired) electrons. The molecule has 0 amide bonds. The van der Waals surface area contributed by atoms with Gasteiger partial charge in [-0.15, -0.1) is 10.2 Å². The number of furan rings is 1. The van der Waals surface area contributed by atoms with Gasteiger partial charge in [-0.05, 0) is 40.2 Å². The molecular weight excluding hydrogens is 340 g/mol. The summed E-state index contributed by atoms with van der Waals surface area (Å²) in [6, 6.07) is 10.8. The Morgan fingerprint density at radius 2 is 1.95 bits per heavy atom. The number of hydrogen-bond acceptors (Lipinski definition) is 6. The second kappa shape index (κ2) is 6.01. The van der Waals surface area contributed by atoms with Crippen molar-refractivity contribution in [3.8, 4) is 23.1 Å². The zero-order valence-electron chi connectivity index (χ0n) is 11.1. The zero-order chi connectivity index (χ0) is 14.7. The van der Waals surface area contributed by atoms with Gasteiger partial charge in [0.25, 0.3) is 11.8 Å². The largest absolute Gasteiger partial charge is 0.497 e. The Labute approximate surface area is 128 Å². The Hall–Kier alpha value is -2.28. The minimum absolute atomic E-state index is 0.169. The average molecular weight is 351 g/mol. The second-order valence-electron chi connectivity index (χ2n) is 4.07.